The van der Waals surface area contributed by atoms with Crippen LogP contribution in [0, 0.1) is 5.92 Å². The number of nitrogens with zero attached hydrogens (tertiary/aromatic N) is 1. The Kier molecular flexibility index (Phi) is 6.78. The monoisotopic (exact) mass is 270 g/mol. The third-order valence-corrected chi connectivity index (χ3v) is 4.55. The Morgan fingerprint density at radius 1 is 1.21 bits per heavy atom. The van der Waals surface area contributed by atoms with Crippen LogP contribution in [0.4, 0.5) is 0 Å². The van der Waals surface area contributed by atoms with Gasteiger partial charge in [-0.3, -0.25) is 4.90 Å². The lowest BCUT2D eigenvalue weighted by Gasteiger charge is -2.56. The second-order valence-electron chi connectivity index (χ2n) is 6.43. The second kappa shape index (κ2) is 7.61. The van der Waals surface area contributed by atoms with Crippen molar-refractivity contribution in [3.63, 3.8) is 0 Å². The van der Waals surface area contributed by atoms with Gasteiger partial charge in [-0.15, -0.1) is 0 Å². The summed E-state index contributed by atoms with van der Waals surface area (Å²) in [6, 6.07) is 0.661. The van der Waals surface area contributed by atoms with Crippen LogP contribution in [0.15, 0.2) is 0 Å². The van der Waals surface area contributed by atoms with E-state index < -0.39 is 0 Å². The number of nitrogens with two attached hydrogens (primary N) is 1. The Hall–Kier alpha value is -0.120. The standard InChI is InChI=1S/C16H34N2O/c1-6-14(7-2)18(11-13(4)5)16(12-17)9-15(10-16)19-8-3/h13-15H,6-12,17H2,1-5H3. The maximum atomic E-state index is 6.15. The van der Waals surface area contributed by atoms with Crippen LogP contribution in [0.2, 0.25) is 0 Å². The molecule has 0 radical (unpaired) electrons. The lowest BCUT2D eigenvalue weighted by Crippen LogP contribution is -2.66. The molecule has 3 heteroatoms. The number of ether oxygens (including phenoxy) is 1. The van der Waals surface area contributed by atoms with Crippen molar-refractivity contribution in [2.75, 3.05) is 19.7 Å². The molecule has 0 aromatic heterocycles. The van der Waals surface area contributed by atoms with Gasteiger partial charge in [0.25, 0.3) is 0 Å². The molecule has 3 nitrogen and oxygen atoms in total. The lowest BCUT2D eigenvalue weighted by molar-refractivity contribution is -0.117. The van der Waals surface area contributed by atoms with Crippen LogP contribution in [0.25, 0.3) is 0 Å². The Morgan fingerprint density at radius 2 is 1.79 bits per heavy atom. The van der Waals surface area contributed by atoms with Crippen molar-refractivity contribution in [1.29, 1.82) is 0 Å². The summed E-state index contributed by atoms with van der Waals surface area (Å²) in [5, 5.41) is 0. The molecule has 0 atom stereocenters. The van der Waals surface area contributed by atoms with E-state index in [4.69, 9.17) is 10.5 Å². The van der Waals surface area contributed by atoms with Crippen molar-refractivity contribution < 1.29 is 4.74 Å². The number of hydrogen-bond acceptors (Lipinski definition) is 3. The van der Waals surface area contributed by atoms with Crippen LogP contribution >= 0.6 is 0 Å². The Bertz CT molecular complexity index is 245. The summed E-state index contributed by atoms with van der Waals surface area (Å²) in [7, 11) is 0. The second-order valence-corrected chi connectivity index (χ2v) is 6.43. The van der Waals surface area contributed by atoms with E-state index in [-0.39, 0.29) is 5.54 Å². The molecule has 1 saturated carbocycles. The van der Waals surface area contributed by atoms with Crippen LogP contribution < -0.4 is 5.73 Å². The highest BCUT2D eigenvalue weighted by atomic mass is 16.5. The molecule has 0 saturated heterocycles. The van der Waals surface area contributed by atoms with Crippen molar-refractivity contribution in [3.05, 3.63) is 0 Å². The first kappa shape index (κ1) is 16.9. The molecular weight excluding hydrogens is 236 g/mol. The van der Waals surface area contributed by atoms with Crippen molar-refractivity contribution >= 4 is 0 Å². The van der Waals surface area contributed by atoms with Crippen LogP contribution in [0.3, 0.4) is 0 Å². The summed E-state index contributed by atoms with van der Waals surface area (Å²) in [5.74, 6) is 0.690. The van der Waals surface area contributed by atoms with Crippen molar-refractivity contribution in [2.45, 2.75) is 78.0 Å². The highest BCUT2D eigenvalue weighted by molar-refractivity contribution is 5.06. The van der Waals surface area contributed by atoms with Crippen LogP contribution in [-0.2, 0) is 4.74 Å². The van der Waals surface area contributed by atoms with Gasteiger partial charge in [-0.05, 0) is 38.5 Å². The molecule has 0 aromatic rings. The van der Waals surface area contributed by atoms with Crippen molar-refractivity contribution in [3.8, 4) is 0 Å². The molecule has 1 aliphatic rings. The zero-order chi connectivity index (χ0) is 14.5. The molecule has 2 N–H and O–H groups in total. The topological polar surface area (TPSA) is 38.5 Å². The Labute approximate surface area is 119 Å². The lowest BCUT2D eigenvalue weighted by atomic mass is 9.71. The molecule has 0 unspecified atom stereocenters. The smallest absolute Gasteiger partial charge is 0.0611 e. The number of hydrogen-bond donors (Lipinski definition) is 1. The van der Waals surface area contributed by atoms with Gasteiger partial charge < -0.3 is 10.5 Å². The van der Waals surface area contributed by atoms with Crippen molar-refractivity contribution in [2.24, 2.45) is 11.7 Å². The minimum atomic E-state index is 0.195. The summed E-state index contributed by atoms with van der Waals surface area (Å²) in [5.41, 5.74) is 6.35. The Morgan fingerprint density at radius 3 is 2.16 bits per heavy atom. The van der Waals surface area contributed by atoms with E-state index in [0.29, 0.717) is 18.1 Å². The largest absolute Gasteiger partial charge is 0.378 e. The highest BCUT2D eigenvalue weighted by Gasteiger charge is 2.49. The van der Waals surface area contributed by atoms with Gasteiger partial charge in [0.15, 0.2) is 0 Å². The summed E-state index contributed by atoms with van der Waals surface area (Å²) >= 11 is 0. The van der Waals surface area contributed by atoms with E-state index in [1.54, 1.807) is 0 Å². The van der Waals surface area contributed by atoms with Crippen molar-refractivity contribution in [1.82, 2.24) is 4.90 Å². The predicted molar refractivity (Wildman–Crippen MR) is 82.3 cm³/mol. The van der Waals surface area contributed by atoms with E-state index in [1.165, 1.54) is 12.8 Å². The number of rotatable bonds is 9. The first-order valence-corrected chi connectivity index (χ1v) is 8.11. The quantitative estimate of drug-likeness (QED) is 0.700. The average molecular weight is 270 g/mol. The van der Waals surface area contributed by atoms with Gasteiger partial charge in [-0.25, -0.2) is 0 Å². The molecule has 0 aromatic carbocycles. The highest BCUT2D eigenvalue weighted by Crippen LogP contribution is 2.41. The van der Waals surface area contributed by atoms with E-state index in [2.05, 4.69) is 39.5 Å². The maximum absolute atomic E-state index is 6.15. The molecule has 0 bridgehead atoms. The zero-order valence-corrected chi connectivity index (χ0v) is 13.6. The minimum absolute atomic E-state index is 0.195. The van der Waals surface area contributed by atoms with E-state index >= 15 is 0 Å². The summed E-state index contributed by atoms with van der Waals surface area (Å²) in [6.45, 7) is 14.0. The first-order chi connectivity index (χ1) is 9.02. The van der Waals surface area contributed by atoms with E-state index in [9.17, 15) is 0 Å². The molecule has 19 heavy (non-hydrogen) atoms. The van der Waals surface area contributed by atoms with Gasteiger partial charge >= 0.3 is 0 Å². The van der Waals surface area contributed by atoms with Crippen LogP contribution in [0.1, 0.15) is 60.3 Å². The van der Waals surface area contributed by atoms with Crippen LogP contribution in [-0.4, -0.2) is 42.3 Å². The van der Waals surface area contributed by atoms with Gasteiger partial charge in [-0.2, -0.15) is 0 Å². The SMILES string of the molecule is CCOC1CC(CN)(N(CC(C)C)C(CC)CC)C1. The molecule has 1 fully saturated rings. The van der Waals surface area contributed by atoms with Gasteiger partial charge in [0.05, 0.1) is 6.10 Å². The van der Waals surface area contributed by atoms with Gasteiger partial charge in [0, 0.05) is 31.3 Å². The van der Waals surface area contributed by atoms with E-state index in [0.717, 1.165) is 32.5 Å². The summed E-state index contributed by atoms with van der Waals surface area (Å²) in [4.78, 5) is 2.70. The molecule has 1 rings (SSSR count). The van der Waals surface area contributed by atoms with Crippen LogP contribution in [0.5, 0.6) is 0 Å². The Balaban J connectivity index is 2.77. The third-order valence-electron chi connectivity index (χ3n) is 4.55. The van der Waals surface area contributed by atoms with Gasteiger partial charge in [0.1, 0.15) is 0 Å². The molecule has 114 valence electrons. The third kappa shape index (κ3) is 3.93. The fourth-order valence-corrected chi connectivity index (χ4v) is 3.51. The predicted octanol–water partition coefficient (Wildman–Crippen LogP) is 3.03. The van der Waals surface area contributed by atoms with E-state index in [1.807, 2.05) is 0 Å². The fourth-order valence-electron chi connectivity index (χ4n) is 3.51. The average Bonchev–Trinajstić information content (AvgIpc) is 2.33. The fraction of sp³-hybridized carbons (Fsp3) is 1.00. The first-order valence-electron chi connectivity index (χ1n) is 8.11. The summed E-state index contributed by atoms with van der Waals surface area (Å²) in [6.07, 6.45) is 5.08. The molecule has 0 amide bonds. The molecular formula is C16H34N2O. The molecule has 0 aliphatic heterocycles. The van der Waals surface area contributed by atoms with Gasteiger partial charge in [-0.1, -0.05) is 27.7 Å². The zero-order valence-electron chi connectivity index (χ0n) is 13.6. The molecule has 0 spiro atoms. The molecule has 1 aliphatic carbocycles. The molecule has 0 heterocycles. The normalized spacial score (nSPS) is 27.3. The maximum Gasteiger partial charge on any atom is 0.0611 e. The minimum Gasteiger partial charge on any atom is -0.378 e. The van der Waals surface area contributed by atoms with Gasteiger partial charge in [0.2, 0.25) is 0 Å². The summed E-state index contributed by atoms with van der Waals surface area (Å²) < 4.78 is 5.75.